The van der Waals surface area contributed by atoms with Crippen LogP contribution in [0.15, 0.2) is 72.8 Å². The molecule has 1 saturated heterocycles. The topological polar surface area (TPSA) is 76.1 Å². The number of ether oxygens (including phenoxy) is 2. The van der Waals surface area contributed by atoms with Crippen LogP contribution in [-0.4, -0.2) is 48.6 Å². The third-order valence-electron chi connectivity index (χ3n) is 4.69. The highest BCUT2D eigenvalue weighted by Crippen LogP contribution is 2.39. The highest BCUT2D eigenvalue weighted by atomic mass is 16.5. The monoisotopic (exact) mass is 393 g/mol. The van der Waals surface area contributed by atoms with E-state index in [2.05, 4.69) is 6.58 Å². The maximum Gasteiger partial charge on any atom is 0.295 e. The van der Waals surface area contributed by atoms with Crippen molar-refractivity contribution in [2.45, 2.75) is 6.04 Å². The van der Waals surface area contributed by atoms with Crippen molar-refractivity contribution in [3.8, 4) is 5.75 Å². The van der Waals surface area contributed by atoms with Gasteiger partial charge in [-0.05, 0) is 17.7 Å². The van der Waals surface area contributed by atoms with Crippen LogP contribution in [0.25, 0.3) is 5.76 Å². The molecule has 0 aromatic heterocycles. The van der Waals surface area contributed by atoms with Crippen LogP contribution < -0.4 is 4.74 Å². The van der Waals surface area contributed by atoms with Gasteiger partial charge in [0, 0.05) is 19.2 Å². The number of benzene rings is 2. The summed E-state index contributed by atoms with van der Waals surface area (Å²) in [6.45, 7) is 4.49. The summed E-state index contributed by atoms with van der Waals surface area (Å²) in [5, 5.41) is 10.9. The van der Waals surface area contributed by atoms with Crippen LogP contribution in [0.4, 0.5) is 0 Å². The van der Waals surface area contributed by atoms with Crippen LogP contribution >= 0.6 is 0 Å². The van der Waals surface area contributed by atoms with E-state index in [-0.39, 0.29) is 24.5 Å². The molecule has 1 unspecified atom stereocenters. The van der Waals surface area contributed by atoms with Crippen molar-refractivity contribution in [3.63, 3.8) is 0 Å². The zero-order valence-corrected chi connectivity index (χ0v) is 16.2. The molecule has 1 amide bonds. The highest BCUT2D eigenvalue weighted by Gasteiger charge is 2.45. The fourth-order valence-corrected chi connectivity index (χ4v) is 3.30. The van der Waals surface area contributed by atoms with E-state index in [0.29, 0.717) is 23.5 Å². The number of likely N-dealkylation sites (tertiary alicyclic amines) is 1. The van der Waals surface area contributed by atoms with Crippen molar-refractivity contribution in [2.75, 3.05) is 26.9 Å². The number of hydrogen-bond acceptors (Lipinski definition) is 5. The van der Waals surface area contributed by atoms with Gasteiger partial charge < -0.3 is 19.5 Å². The molecule has 1 heterocycles. The van der Waals surface area contributed by atoms with Gasteiger partial charge in [0.05, 0.1) is 18.2 Å². The lowest BCUT2D eigenvalue weighted by molar-refractivity contribution is -0.140. The first-order valence-corrected chi connectivity index (χ1v) is 9.25. The third kappa shape index (κ3) is 4.22. The average molecular weight is 393 g/mol. The normalized spacial score (nSPS) is 18.1. The average Bonchev–Trinajstić information content (AvgIpc) is 3.01. The smallest absolute Gasteiger partial charge is 0.295 e. The minimum absolute atomic E-state index is 0.0667. The minimum atomic E-state index is -0.709. The number of Topliss-reactive ketones (excluding diaryl/α,β-unsaturated/α-hetero) is 1. The SMILES string of the molecule is C=CCOc1ccc(C2/C(=C(\O)c3ccccc3)C(=O)C(=O)N2CCOC)cc1. The summed E-state index contributed by atoms with van der Waals surface area (Å²) in [6, 6.07) is 15.1. The van der Waals surface area contributed by atoms with Crippen LogP contribution in [0, 0.1) is 0 Å². The highest BCUT2D eigenvalue weighted by molar-refractivity contribution is 6.46. The Balaban J connectivity index is 2.06. The molecule has 29 heavy (non-hydrogen) atoms. The van der Waals surface area contributed by atoms with Crippen molar-refractivity contribution in [3.05, 3.63) is 84.0 Å². The minimum Gasteiger partial charge on any atom is -0.507 e. The maximum absolute atomic E-state index is 12.8. The van der Waals surface area contributed by atoms with Crippen LogP contribution in [0.1, 0.15) is 17.2 Å². The van der Waals surface area contributed by atoms with Gasteiger partial charge in [-0.15, -0.1) is 0 Å². The first kappa shape index (κ1) is 20.4. The summed E-state index contributed by atoms with van der Waals surface area (Å²) < 4.78 is 10.6. The zero-order valence-electron chi connectivity index (χ0n) is 16.2. The molecule has 1 aliphatic heterocycles. The number of ketones is 1. The van der Waals surface area contributed by atoms with E-state index >= 15 is 0 Å². The Bertz CT molecular complexity index is 918. The second-order valence-corrected chi connectivity index (χ2v) is 6.52. The lowest BCUT2D eigenvalue weighted by Crippen LogP contribution is -2.32. The largest absolute Gasteiger partial charge is 0.507 e. The van der Waals surface area contributed by atoms with Crippen molar-refractivity contribution in [2.24, 2.45) is 0 Å². The first-order chi connectivity index (χ1) is 14.1. The standard InChI is InChI=1S/C23H23NO5/c1-3-14-29-18-11-9-16(10-12-18)20-19(21(25)17-7-5-4-6-8-17)22(26)23(27)24(20)13-15-28-2/h3-12,20,25H,1,13-15H2,2H3/b21-19+. The number of nitrogens with zero attached hydrogens (tertiary/aromatic N) is 1. The number of carbonyl (C=O) groups excluding carboxylic acids is 2. The molecule has 0 aliphatic carbocycles. The molecule has 2 aromatic rings. The van der Waals surface area contributed by atoms with Gasteiger partial charge in [0.1, 0.15) is 18.1 Å². The summed E-state index contributed by atoms with van der Waals surface area (Å²) in [5.41, 5.74) is 1.24. The number of aliphatic hydroxyl groups is 1. The van der Waals surface area contributed by atoms with Crippen LogP contribution in [-0.2, 0) is 14.3 Å². The predicted octanol–water partition coefficient (Wildman–Crippen LogP) is 3.32. The zero-order chi connectivity index (χ0) is 20.8. The molecular formula is C23H23NO5. The summed E-state index contributed by atoms with van der Waals surface area (Å²) in [6.07, 6.45) is 1.65. The molecule has 150 valence electrons. The summed E-state index contributed by atoms with van der Waals surface area (Å²) >= 11 is 0. The van der Waals surface area contributed by atoms with E-state index in [9.17, 15) is 14.7 Å². The second-order valence-electron chi connectivity index (χ2n) is 6.52. The van der Waals surface area contributed by atoms with Gasteiger partial charge in [0.2, 0.25) is 0 Å². The molecule has 3 rings (SSSR count). The molecule has 0 saturated carbocycles. The van der Waals surface area contributed by atoms with Gasteiger partial charge in [-0.1, -0.05) is 55.1 Å². The molecule has 6 heteroatoms. The van der Waals surface area contributed by atoms with Gasteiger partial charge in [-0.2, -0.15) is 0 Å². The lowest BCUT2D eigenvalue weighted by atomic mass is 9.95. The van der Waals surface area contributed by atoms with E-state index < -0.39 is 17.7 Å². The Labute approximate surface area is 169 Å². The van der Waals surface area contributed by atoms with Crippen LogP contribution in [0.2, 0.25) is 0 Å². The number of amides is 1. The number of hydrogen-bond donors (Lipinski definition) is 1. The molecule has 2 aromatic carbocycles. The van der Waals surface area contributed by atoms with Gasteiger partial charge in [-0.3, -0.25) is 9.59 Å². The second kappa shape index (κ2) is 9.21. The molecule has 1 N–H and O–H groups in total. The number of methoxy groups -OCH3 is 1. The fourth-order valence-electron chi connectivity index (χ4n) is 3.30. The van der Waals surface area contributed by atoms with Crippen molar-refractivity contribution in [1.29, 1.82) is 0 Å². The quantitative estimate of drug-likeness (QED) is 0.322. The van der Waals surface area contributed by atoms with Crippen molar-refractivity contribution < 1.29 is 24.2 Å². The molecule has 0 radical (unpaired) electrons. The molecule has 1 aliphatic rings. The molecule has 0 bridgehead atoms. The summed E-state index contributed by atoms with van der Waals surface area (Å²) in [7, 11) is 1.53. The molecule has 0 spiro atoms. The molecular weight excluding hydrogens is 370 g/mol. The van der Waals surface area contributed by atoms with E-state index in [4.69, 9.17) is 9.47 Å². The predicted molar refractivity (Wildman–Crippen MR) is 109 cm³/mol. The van der Waals surface area contributed by atoms with Crippen LogP contribution in [0.3, 0.4) is 0 Å². The Morgan fingerprint density at radius 2 is 1.83 bits per heavy atom. The van der Waals surface area contributed by atoms with E-state index in [1.165, 1.54) is 12.0 Å². The fraction of sp³-hybridized carbons (Fsp3) is 0.217. The Hall–Kier alpha value is -3.38. The van der Waals surface area contributed by atoms with Gasteiger partial charge in [-0.25, -0.2) is 0 Å². The van der Waals surface area contributed by atoms with Gasteiger partial charge in [0.15, 0.2) is 0 Å². The summed E-state index contributed by atoms with van der Waals surface area (Å²) in [5.74, 6) is -0.914. The molecule has 6 nitrogen and oxygen atoms in total. The third-order valence-corrected chi connectivity index (χ3v) is 4.69. The van der Waals surface area contributed by atoms with Crippen molar-refractivity contribution in [1.82, 2.24) is 4.90 Å². The number of carbonyl (C=O) groups is 2. The maximum atomic E-state index is 12.8. The Morgan fingerprint density at radius 1 is 1.14 bits per heavy atom. The van der Waals surface area contributed by atoms with Crippen LogP contribution in [0.5, 0.6) is 5.75 Å². The van der Waals surface area contributed by atoms with E-state index in [1.54, 1.807) is 54.6 Å². The number of aliphatic hydroxyl groups excluding tert-OH is 1. The Morgan fingerprint density at radius 3 is 2.45 bits per heavy atom. The van der Waals surface area contributed by atoms with Gasteiger partial charge in [0.25, 0.3) is 11.7 Å². The Kier molecular flexibility index (Phi) is 6.46. The van der Waals surface area contributed by atoms with Crippen molar-refractivity contribution >= 4 is 17.4 Å². The lowest BCUT2D eigenvalue weighted by Gasteiger charge is -2.25. The van der Waals surface area contributed by atoms with Gasteiger partial charge >= 0.3 is 0 Å². The van der Waals surface area contributed by atoms with E-state index in [0.717, 1.165) is 0 Å². The first-order valence-electron chi connectivity index (χ1n) is 9.25. The van der Waals surface area contributed by atoms with E-state index in [1.807, 2.05) is 6.07 Å². The molecule has 1 fully saturated rings. The molecule has 1 atom stereocenters. The number of rotatable bonds is 8. The summed E-state index contributed by atoms with van der Waals surface area (Å²) in [4.78, 5) is 26.9.